The Morgan fingerprint density at radius 2 is 1.31 bits per heavy atom. The Hall–Kier alpha value is 0.350. The molecule has 0 aliphatic heterocycles. The molecule has 0 heterocycles. The van der Waals surface area contributed by atoms with Gasteiger partial charge in [-0.1, -0.05) is 79.1 Å². The fraction of sp³-hybridized carbons (Fsp3) is 1.00. The van der Waals surface area contributed by atoms with Crippen LogP contribution in [0.3, 0.4) is 0 Å². The molecule has 0 bridgehead atoms. The third-order valence-corrected chi connectivity index (χ3v) is 4.14. The zero-order valence-electron chi connectivity index (χ0n) is 11.9. The van der Waals surface area contributed by atoms with E-state index in [1.54, 1.807) is 0 Å². The second-order valence-electron chi connectivity index (χ2n) is 5.82. The van der Waals surface area contributed by atoms with Crippen molar-refractivity contribution in [1.29, 1.82) is 0 Å². The summed E-state index contributed by atoms with van der Waals surface area (Å²) < 4.78 is 0.196. The molecule has 0 aliphatic rings. The van der Waals surface area contributed by atoms with Crippen LogP contribution >= 0.6 is 12.6 Å². The minimum absolute atomic E-state index is 0.196. The van der Waals surface area contributed by atoms with Crippen molar-refractivity contribution in [3.8, 4) is 0 Å². The van der Waals surface area contributed by atoms with Gasteiger partial charge in [-0.25, -0.2) is 0 Å². The molecule has 0 spiro atoms. The van der Waals surface area contributed by atoms with E-state index < -0.39 is 0 Å². The van der Waals surface area contributed by atoms with E-state index in [0.29, 0.717) is 0 Å². The zero-order valence-corrected chi connectivity index (χ0v) is 12.8. The van der Waals surface area contributed by atoms with Crippen LogP contribution in [0.25, 0.3) is 0 Å². The highest BCUT2D eigenvalue weighted by atomic mass is 32.1. The summed E-state index contributed by atoms with van der Waals surface area (Å²) in [7, 11) is 0. The summed E-state index contributed by atoms with van der Waals surface area (Å²) in [6.45, 7) is 9.06. The summed E-state index contributed by atoms with van der Waals surface area (Å²) >= 11 is 4.63. The first-order valence-electron chi connectivity index (χ1n) is 7.20. The SMILES string of the molecule is CCCCCCCCCCC(C)C(C)(C)S. The molecule has 0 aliphatic carbocycles. The highest BCUT2D eigenvalue weighted by molar-refractivity contribution is 7.81. The molecule has 0 amide bonds. The van der Waals surface area contributed by atoms with E-state index in [9.17, 15) is 0 Å². The van der Waals surface area contributed by atoms with Crippen LogP contribution in [-0.4, -0.2) is 4.75 Å². The lowest BCUT2D eigenvalue weighted by Gasteiger charge is -2.26. The lowest BCUT2D eigenvalue weighted by Crippen LogP contribution is -2.21. The number of thiol groups is 1. The van der Waals surface area contributed by atoms with Gasteiger partial charge in [-0.05, 0) is 12.3 Å². The van der Waals surface area contributed by atoms with E-state index in [4.69, 9.17) is 0 Å². The number of rotatable bonds is 10. The topological polar surface area (TPSA) is 0 Å². The first-order valence-corrected chi connectivity index (χ1v) is 7.65. The molecule has 0 saturated heterocycles. The van der Waals surface area contributed by atoms with Gasteiger partial charge in [0.25, 0.3) is 0 Å². The largest absolute Gasteiger partial charge is 0.173 e. The van der Waals surface area contributed by atoms with Gasteiger partial charge in [-0.2, -0.15) is 12.6 Å². The number of hydrogen-bond acceptors (Lipinski definition) is 1. The molecule has 1 atom stereocenters. The second kappa shape index (κ2) is 9.39. The minimum Gasteiger partial charge on any atom is -0.173 e. The Morgan fingerprint density at radius 3 is 1.75 bits per heavy atom. The fourth-order valence-corrected chi connectivity index (χ4v) is 2.07. The summed E-state index contributed by atoms with van der Waals surface area (Å²) in [5.74, 6) is 0.732. The van der Waals surface area contributed by atoms with Gasteiger partial charge in [-0.3, -0.25) is 0 Å². The van der Waals surface area contributed by atoms with E-state index >= 15 is 0 Å². The summed E-state index contributed by atoms with van der Waals surface area (Å²) in [6.07, 6.45) is 12.7. The van der Waals surface area contributed by atoms with Gasteiger partial charge < -0.3 is 0 Å². The summed E-state index contributed by atoms with van der Waals surface area (Å²) in [5, 5.41) is 0. The Balaban J connectivity index is 3.21. The Labute approximate surface area is 109 Å². The monoisotopic (exact) mass is 244 g/mol. The van der Waals surface area contributed by atoms with Crippen LogP contribution in [0.2, 0.25) is 0 Å². The molecule has 98 valence electrons. The molecule has 0 aromatic carbocycles. The Morgan fingerprint density at radius 1 is 0.875 bits per heavy atom. The molecule has 16 heavy (non-hydrogen) atoms. The van der Waals surface area contributed by atoms with E-state index in [1.807, 2.05) is 0 Å². The molecular weight excluding hydrogens is 212 g/mol. The van der Waals surface area contributed by atoms with Crippen molar-refractivity contribution in [3.05, 3.63) is 0 Å². The minimum atomic E-state index is 0.196. The molecule has 1 unspecified atom stereocenters. The third-order valence-electron chi connectivity index (χ3n) is 3.70. The highest BCUT2D eigenvalue weighted by Crippen LogP contribution is 2.28. The fourth-order valence-electron chi connectivity index (χ4n) is 1.94. The zero-order chi connectivity index (χ0) is 12.4. The highest BCUT2D eigenvalue weighted by Gasteiger charge is 2.19. The summed E-state index contributed by atoms with van der Waals surface area (Å²) in [4.78, 5) is 0. The second-order valence-corrected chi connectivity index (χ2v) is 6.97. The first-order chi connectivity index (χ1) is 7.48. The van der Waals surface area contributed by atoms with E-state index in [1.165, 1.54) is 57.8 Å². The quantitative estimate of drug-likeness (QED) is 0.361. The van der Waals surface area contributed by atoms with Crippen LogP contribution < -0.4 is 0 Å². The van der Waals surface area contributed by atoms with Crippen molar-refractivity contribution in [2.75, 3.05) is 0 Å². The van der Waals surface area contributed by atoms with Gasteiger partial charge in [0.2, 0.25) is 0 Å². The van der Waals surface area contributed by atoms with Crippen molar-refractivity contribution in [2.24, 2.45) is 5.92 Å². The molecule has 0 radical (unpaired) electrons. The van der Waals surface area contributed by atoms with Gasteiger partial charge in [0.1, 0.15) is 0 Å². The smallest absolute Gasteiger partial charge is 0.00987 e. The van der Waals surface area contributed by atoms with Crippen molar-refractivity contribution in [2.45, 2.75) is 90.2 Å². The van der Waals surface area contributed by atoms with E-state index in [0.717, 1.165) is 5.92 Å². The van der Waals surface area contributed by atoms with Gasteiger partial charge >= 0.3 is 0 Å². The molecule has 0 nitrogen and oxygen atoms in total. The van der Waals surface area contributed by atoms with Crippen molar-refractivity contribution in [1.82, 2.24) is 0 Å². The number of unbranched alkanes of at least 4 members (excludes halogenated alkanes) is 7. The van der Waals surface area contributed by atoms with Crippen LogP contribution in [0.4, 0.5) is 0 Å². The molecule has 0 aromatic heterocycles. The average molecular weight is 244 g/mol. The predicted molar refractivity (Wildman–Crippen MR) is 79.5 cm³/mol. The van der Waals surface area contributed by atoms with E-state index in [2.05, 4.69) is 40.3 Å². The number of hydrogen-bond donors (Lipinski definition) is 1. The van der Waals surface area contributed by atoms with E-state index in [-0.39, 0.29) is 4.75 Å². The summed E-state index contributed by atoms with van der Waals surface area (Å²) in [6, 6.07) is 0. The predicted octanol–water partition coefficient (Wildman–Crippen LogP) is 5.86. The maximum atomic E-state index is 4.63. The maximum Gasteiger partial charge on any atom is 0.00987 e. The van der Waals surface area contributed by atoms with Gasteiger partial charge in [-0.15, -0.1) is 0 Å². The molecule has 0 saturated carbocycles. The normalized spacial score (nSPS) is 14.1. The Kier molecular flexibility index (Phi) is 9.59. The van der Waals surface area contributed by atoms with Gasteiger partial charge in [0, 0.05) is 4.75 Å². The molecule has 0 N–H and O–H groups in total. The Bertz CT molecular complexity index is 146. The summed E-state index contributed by atoms with van der Waals surface area (Å²) in [5.41, 5.74) is 0. The lowest BCUT2D eigenvalue weighted by atomic mass is 9.91. The van der Waals surface area contributed by atoms with Crippen LogP contribution in [0, 0.1) is 5.92 Å². The van der Waals surface area contributed by atoms with Crippen LogP contribution in [-0.2, 0) is 0 Å². The van der Waals surface area contributed by atoms with Crippen molar-refractivity contribution >= 4 is 12.6 Å². The molecule has 1 heteroatoms. The molecule has 0 fully saturated rings. The van der Waals surface area contributed by atoms with Crippen molar-refractivity contribution in [3.63, 3.8) is 0 Å². The third kappa shape index (κ3) is 9.57. The first kappa shape index (κ1) is 16.4. The van der Waals surface area contributed by atoms with Crippen molar-refractivity contribution < 1.29 is 0 Å². The lowest BCUT2D eigenvalue weighted by molar-refractivity contribution is 0.409. The van der Waals surface area contributed by atoms with Crippen LogP contribution in [0.5, 0.6) is 0 Å². The maximum absolute atomic E-state index is 4.63. The molecule has 0 rings (SSSR count). The molecule has 0 aromatic rings. The van der Waals surface area contributed by atoms with Gasteiger partial charge in [0.15, 0.2) is 0 Å². The molecular formula is C15H32S. The average Bonchev–Trinajstić information content (AvgIpc) is 2.20. The van der Waals surface area contributed by atoms with Crippen LogP contribution in [0.1, 0.15) is 85.5 Å². The van der Waals surface area contributed by atoms with Gasteiger partial charge in [0.05, 0.1) is 0 Å². The van der Waals surface area contributed by atoms with Crippen LogP contribution in [0.15, 0.2) is 0 Å². The standard InChI is InChI=1S/C15H32S/c1-5-6-7-8-9-10-11-12-13-14(2)15(3,4)16/h14,16H,5-13H2,1-4H3.